The number of esters is 2. The van der Waals surface area contributed by atoms with Gasteiger partial charge in [0, 0.05) is 19.3 Å². The van der Waals surface area contributed by atoms with Crippen LogP contribution in [0.1, 0.15) is 64.2 Å². The molecule has 0 spiro atoms. The summed E-state index contributed by atoms with van der Waals surface area (Å²) in [5.74, 6) is -0.636. The van der Waals surface area contributed by atoms with Gasteiger partial charge in [-0.1, -0.05) is 49.3 Å². The highest BCUT2D eigenvalue weighted by Gasteiger charge is 2.36. The molecular weight excluding hydrogens is 352 g/mol. The molecule has 3 atom stereocenters. The minimum atomic E-state index is -0.419. The lowest BCUT2D eigenvalue weighted by molar-refractivity contribution is -0.149. The Morgan fingerprint density at radius 3 is 2.32 bits per heavy atom. The average Bonchev–Trinajstić information content (AvgIpc) is 2.61. The summed E-state index contributed by atoms with van der Waals surface area (Å²) >= 11 is 0. The van der Waals surface area contributed by atoms with Gasteiger partial charge >= 0.3 is 11.9 Å². The van der Waals surface area contributed by atoms with Crippen molar-refractivity contribution in [3.8, 4) is 0 Å². The smallest absolute Gasteiger partial charge is 0.338 e. The molecule has 152 valence electrons. The van der Waals surface area contributed by atoms with E-state index in [0.717, 1.165) is 12.8 Å². The lowest BCUT2D eigenvalue weighted by Crippen LogP contribution is -2.40. The van der Waals surface area contributed by atoms with Crippen LogP contribution in [-0.4, -0.2) is 24.1 Å². The zero-order valence-corrected chi connectivity index (χ0v) is 17.6. The van der Waals surface area contributed by atoms with Crippen LogP contribution in [-0.2, 0) is 14.3 Å². The third-order valence-electron chi connectivity index (χ3n) is 5.15. The minimum absolute atomic E-state index is 0.132. The van der Waals surface area contributed by atoms with E-state index in [9.17, 15) is 9.59 Å². The van der Waals surface area contributed by atoms with Crippen molar-refractivity contribution >= 4 is 11.9 Å². The summed E-state index contributed by atoms with van der Waals surface area (Å²) in [6, 6.07) is 9.02. The lowest BCUT2D eigenvalue weighted by Gasteiger charge is -2.35. The SMILES string of the molecule is CC(=O)O[C@H]1C=C(C)CCC=C(C)C[C@H](OC(=O)c2ccccc2)[C@H]1C(C)C. The van der Waals surface area contributed by atoms with E-state index >= 15 is 0 Å². The number of allylic oxidation sites excluding steroid dienone is 2. The van der Waals surface area contributed by atoms with Gasteiger partial charge in [0.2, 0.25) is 0 Å². The van der Waals surface area contributed by atoms with Crippen LogP contribution in [0.2, 0.25) is 0 Å². The summed E-state index contributed by atoms with van der Waals surface area (Å²) in [7, 11) is 0. The molecule has 0 aliphatic heterocycles. The summed E-state index contributed by atoms with van der Waals surface area (Å²) in [5, 5.41) is 0. The number of benzene rings is 1. The van der Waals surface area contributed by atoms with Crippen LogP contribution in [0.4, 0.5) is 0 Å². The Kier molecular flexibility index (Phi) is 8.04. The quantitative estimate of drug-likeness (QED) is 0.509. The molecule has 0 N–H and O–H groups in total. The van der Waals surface area contributed by atoms with E-state index < -0.39 is 6.10 Å². The first-order chi connectivity index (χ1) is 13.3. The monoisotopic (exact) mass is 384 g/mol. The van der Waals surface area contributed by atoms with Crippen LogP contribution in [0.25, 0.3) is 0 Å². The molecular formula is C24H32O4. The van der Waals surface area contributed by atoms with Crippen molar-refractivity contribution in [2.75, 3.05) is 0 Å². The third-order valence-corrected chi connectivity index (χ3v) is 5.15. The second kappa shape index (κ2) is 10.3. The largest absolute Gasteiger partial charge is 0.458 e. The molecule has 0 saturated heterocycles. The maximum atomic E-state index is 12.8. The van der Waals surface area contributed by atoms with Gasteiger partial charge in [-0.3, -0.25) is 4.79 Å². The number of carbonyl (C=O) groups is 2. The Hall–Kier alpha value is -2.36. The molecule has 0 fully saturated rings. The van der Waals surface area contributed by atoms with Gasteiger partial charge in [0.05, 0.1) is 5.56 Å². The second-order valence-electron chi connectivity index (χ2n) is 8.01. The Morgan fingerprint density at radius 2 is 1.71 bits per heavy atom. The van der Waals surface area contributed by atoms with E-state index in [1.165, 1.54) is 18.1 Å². The third kappa shape index (κ3) is 6.36. The predicted molar refractivity (Wildman–Crippen MR) is 111 cm³/mol. The van der Waals surface area contributed by atoms with Gasteiger partial charge in [-0.25, -0.2) is 4.79 Å². The predicted octanol–water partition coefficient (Wildman–Crippen LogP) is 5.49. The summed E-state index contributed by atoms with van der Waals surface area (Å²) in [5.41, 5.74) is 2.89. The van der Waals surface area contributed by atoms with Gasteiger partial charge < -0.3 is 9.47 Å². The molecule has 1 aliphatic carbocycles. The maximum Gasteiger partial charge on any atom is 0.338 e. The fraction of sp³-hybridized carbons (Fsp3) is 0.500. The van der Waals surface area contributed by atoms with Gasteiger partial charge in [-0.2, -0.15) is 0 Å². The molecule has 1 aliphatic rings. The van der Waals surface area contributed by atoms with Crippen molar-refractivity contribution in [1.82, 2.24) is 0 Å². The molecule has 28 heavy (non-hydrogen) atoms. The molecule has 1 aromatic carbocycles. The highest BCUT2D eigenvalue weighted by Crippen LogP contribution is 2.32. The fourth-order valence-electron chi connectivity index (χ4n) is 3.78. The Balaban J connectivity index is 2.40. The van der Waals surface area contributed by atoms with Crippen LogP contribution >= 0.6 is 0 Å². The van der Waals surface area contributed by atoms with Gasteiger partial charge in [-0.15, -0.1) is 0 Å². The van der Waals surface area contributed by atoms with E-state index in [4.69, 9.17) is 9.47 Å². The Labute approximate surface area is 168 Å². The van der Waals surface area contributed by atoms with Crippen molar-refractivity contribution in [2.24, 2.45) is 11.8 Å². The number of rotatable bonds is 4. The molecule has 0 radical (unpaired) electrons. The van der Waals surface area contributed by atoms with Crippen LogP contribution in [0.5, 0.6) is 0 Å². The van der Waals surface area contributed by atoms with Gasteiger partial charge in [-0.05, 0) is 50.8 Å². The zero-order valence-electron chi connectivity index (χ0n) is 17.6. The number of ether oxygens (including phenoxy) is 2. The van der Waals surface area contributed by atoms with E-state index in [-0.39, 0.29) is 29.9 Å². The molecule has 0 amide bonds. The van der Waals surface area contributed by atoms with Crippen LogP contribution < -0.4 is 0 Å². The molecule has 0 unspecified atom stereocenters. The van der Waals surface area contributed by atoms with E-state index in [2.05, 4.69) is 33.8 Å². The van der Waals surface area contributed by atoms with E-state index in [1.807, 2.05) is 24.3 Å². The van der Waals surface area contributed by atoms with Gasteiger partial charge in [0.15, 0.2) is 0 Å². The first kappa shape index (κ1) is 21.9. The molecule has 2 rings (SSSR count). The van der Waals surface area contributed by atoms with Crippen LogP contribution in [0.15, 0.2) is 53.6 Å². The second-order valence-corrected chi connectivity index (χ2v) is 8.01. The summed E-state index contributed by atoms with van der Waals surface area (Å²) in [6.07, 6.45) is 5.92. The van der Waals surface area contributed by atoms with Crippen molar-refractivity contribution in [2.45, 2.75) is 66.1 Å². The van der Waals surface area contributed by atoms with Crippen molar-refractivity contribution in [3.05, 3.63) is 59.2 Å². The number of hydrogen-bond donors (Lipinski definition) is 0. The van der Waals surface area contributed by atoms with Crippen molar-refractivity contribution < 1.29 is 19.1 Å². The number of carbonyl (C=O) groups excluding carboxylic acids is 2. The van der Waals surface area contributed by atoms with E-state index in [1.54, 1.807) is 12.1 Å². The highest BCUT2D eigenvalue weighted by molar-refractivity contribution is 5.89. The molecule has 0 aromatic heterocycles. The molecule has 4 nitrogen and oxygen atoms in total. The molecule has 0 saturated carbocycles. The normalized spacial score (nSPS) is 23.4. The maximum absolute atomic E-state index is 12.8. The average molecular weight is 385 g/mol. The first-order valence-electron chi connectivity index (χ1n) is 10.0. The topological polar surface area (TPSA) is 52.6 Å². The minimum Gasteiger partial charge on any atom is -0.458 e. The van der Waals surface area contributed by atoms with Crippen molar-refractivity contribution in [3.63, 3.8) is 0 Å². The summed E-state index contributed by atoms with van der Waals surface area (Å²) < 4.78 is 11.7. The Morgan fingerprint density at radius 1 is 1.04 bits per heavy atom. The van der Waals surface area contributed by atoms with Gasteiger partial charge in [0.1, 0.15) is 12.2 Å². The van der Waals surface area contributed by atoms with E-state index in [0.29, 0.717) is 12.0 Å². The zero-order chi connectivity index (χ0) is 20.7. The molecule has 0 heterocycles. The molecule has 0 bridgehead atoms. The Bertz CT molecular complexity index is 730. The standard InChI is InChI=1S/C24H32O4/c1-16(2)23-21(27-19(5)25)14-17(3)10-9-11-18(4)15-22(23)28-24(26)20-12-7-6-8-13-20/h6-8,11-14,16,21-23H,9-10,15H2,1-5H3/t21-,22-,23-/m0/s1. The highest BCUT2D eigenvalue weighted by atomic mass is 16.6. The van der Waals surface area contributed by atoms with Crippen LogP contribution in [0.3, 0.4) is 0 Å². The molecule has 1 aromatic rings. The first-order valence-corrected chi connectivity index (χ1v) is 10.0. The van der Waals surface area contributed by atoms with Gasteiger partial charge in [0.25, 0.3) is 0 Å². The lowest BCUT2D eigenvalue weighted by atomic mass is 9.81. The summed E-state index contributed by atoms with van der Waals surface area (Å²) in [4.78, 5) is 24.6. The van der Waals surface area contributed by atoms with Crippen LogP contribution in [0, 0.1) is 11.8 Å². The molecule has 4 heteroatoms. The summed E-state index contributed by atoms with van der Waals surface area (Å²) in [6.45, 7) is 9.72. The van der Waals surface area contributed by atoms with Crippen molar-refractivity contribution in [1.29, 1.82) is 0 Å². The fourth-order valence-corrected chi connectivity index (χ4v) is 3.78. The number of hydrogen-bond acceptors (Lipinski definition) is 4.